The minimum absolute atomic E-state index is 0.748. The Morgan fingerprint density at radius 2 is 0.893 bits per heavy atom. The Morgan fingerprint density at radius 3 is 1.66 bits per heavy atom. The summed E-state index contributed by atoms with van der Waals surface area (Å²) in [5.74, 6) is 0.748. The minimum atomic E-state index is 0.748. The topological polar surface area (TPSA) is 30.7 Å². The first-order chi connectivity index (χ1) is 27.7. The molecule has 1 aliphatic carbocycles. The molecule has 0 saturated carbocycles. The minimum Gasteiger partial charge on any atom is -0.309 e. The van der Waals surface area contributed by atoms with Gasteiger partial charge in [0, 0.05) is 45.1 Å². The Hall–Kier alpha value is -7.36. The van der Waals surface area contributed by atoms with Crippen LogP contribution in [0.1, 0.15) is 11.1 Å². The number of rotatable bonds is 6. The maximum Gasteiger partial charge on any atom is 0.160 e. The van der Waals surface area contributed by atoms with E-state index in [0.717, 1.165) is 34.8 Å². The number of para-hydroxylation sites is 2. The van der Waals surface area contributed by atoms with Crippen LogP contribution in [-0.2, 0) is 6.42 Å². The third kappa shape index (κ3) is 5.44. The van der Waals surface area contributed by atoms with Crippen LogP contribution in [0.5, 0.6) is 0 Å². The molecule has 8 aromatic carbocycles. The molecular formula is C53H35N3. The van der Waals surface area contributed by atoms with Gasteiger partial charge in [0.25, 0.3) is 0 Å². The van der Waals surface area contributed by atoms with E-state index in [-0.39, 0.29) is 0 Å². The van der Waals surface area contributed by atoms with E-state index in [2.05, 4.69) is 199 Å². The van der Waals surface area contributed by atoms with E-state index in [1.165, 1.54) is 77.6 Å². The van der Waals surface area contributed by atoms with Crippen molar-refractivity contribution in [3.63, 3.8) is 0 Å². The predicted molar refractivity (Wildman–Crippen MR) is 232 cm³/mol. The monoisotopic (exact) mass is 713 g/mol. The van der Waals surface area contributed by atoms with Crippen LogP contribution in [-0.4, -0.2) is 14.5 Å². The van der Waals surface area contributed by atoms with Crippen molar-refractivity contribution in [1.82, 2.24) is 14.5 Å². The fraction of sp³-hybridized carbons (Fsp3) is 0.0189. The molecule has 262 valence electrons. The van der Waals surface area contributed by atoms with Crippen molar-refractivity contribution in [3.05, 3.63) is 211 Å². The molecule has 0 aliphatic heterocycles. The summed E-state index contributed by atoms with van der Waals surface area (Å²) in [5.41, 5.74) is 18.5. The smallest absolute Gasteiger partial charge is 0.160 e. The highest BCUT2D eigenvalue weighted by molar-refractivity contribution is 6.10. The molecule has 11 rings (SSSR count). The van der Waals surface area contributed by atoms with Crippen molar-refractivity contribution in [2.75, 3.05) is 0 Å². The Morgan fingerprint density at radius 1 is 0.357 bits per heavy atom. The largest absolute Gasteiger partial charge is 0.309 e. The molecule has 1 aliphatic rings. The molecule has 0 unspecified atom stereocenters. The number of nitrogens with zero attached hydrogens (tertiary/aromatic N) is 3. The number of aromatic nitrogens is 3. The zero-order chi connectivity index (χ0) is 37.0. The SMILES string of the molecule is c1ccc(-c2cccc(-c3nc(-c4ccccc4)nc4c3Cc3cc(-c5cccc(-c6ccc7c(c6)c6ccccc6n7-c6ccccc6)c5)ccc3-4)c2)cc1. The van der Waals surface area contributed by atoms with Gasteiger partial charge in [-0.15, -0.1) is 0 Å². The van der Waals surface area contributed by atoms with Crippen LogP contribution in [0.15, 0.2) is 200 Å². The first-order valence-corrected chi connectivity index (χ1v) is 19.2. The average Bonchev–Trinajstić information content (AvgIpc) is 3.82. The molecule has 3 nitrogen and oxygen atoms in total. The highest BCUT2D eigenvalue weighted by Crippen LogP contribution is 2.43. The molecule has 2 heterocycles. The highest BCUT2D eigenvalue weighted by Gasteiger charge is 2.27. The molecule has 0 spiro atoms. The highest BCUT2D eigenvalue weighted by atomic mass is 15.0. The second-order valence-electron chi connectivity index (χ2n) is 14.6. The van der Waals surface area contributed by atoms with E-state index in [1.807, 2.05) is 6.07 Å². The van der Waals surface area contributed by atoms with Crippen LogP contribution in [0.3, 0.4) is 0 Å². The first-order valence-electron chi connectivity index (χ1n) is 19.2. The Labute approximate surface area is 325 Å². The molecular weight excluding hydrogens is 679 g/mol. The van der Waals surface area contributed by atoms with Gasteiger partial charge in [0.15, 0.2) is 5.82 Å². The summed E-state index contributed by atoms with van der Waals surface area (Å²) >= 11 is 0. The van der Waals surface area contributed by atoms with Crippen molar-refractivity contribution in [2.24, 2.45) is 0 Å². The summed E-state index contributed by atoms with van der Waals surface area (Å²) in [6, 6.07) is 71.7. The second kappa shape index (κ2) is 13.2. The number of hydrogen-bond acceptors (Lipinski definition) is 2. The van der Waals surface area contributed by atoms with Crippen molar-refractivity contribution >= 4 is 21.8 Å². The number of hydrogen-bond donors (Lipinski definition) is 0. The number of benzene rings is 8. The van der Waals surface area contributed by atoms with Gasteiger partial charge in [0.2, 0.25) is 0 Å². The van der Waals surface area contributed by atoms with E-state index in [1.54, 1.807) is 0 Å². The molecule has 0 N–H and O–H groups in total. The van der Waals surface area contributed by atoms with Crippen molar-refractivity contribution in [3.8, 4) is 73.0 Å². The molecule has 10 aromatic rings. The van der Waals surface area contributed by atoms with Gasteiger partial charge in [-0.05, 0) is 81.4 Å². The predicted octanol–water partition coefficient (Wildman–Crippen LogP) is 13.5. The quantitative estimate of drug-likeness (QED) is 0.172. The summed E-state index contributed by atoms with van der Waals surface area (Å²) in [6.07, 6.45) is 0.778. The fourth-order valence-corrected chi connectivity index (χ4v) is 8.53. The van der Waals surface area contributed by atoms with Crippen LogP contribution in [0.4, 0.5) is 0 Å². The average molecular weight is 714 g/mol. The van der Waals surface area contributed by atoms with Crippen LogP contribution in [0.25, 0.3) is 94.8 Å². The lowest BCUT2D eigenvalue weighted by Crippen LogP contribution is -1.99. The lowest BCUT2D eigenvalue weighted by atomic mass is 9.96. The summed E-state index contributed by atoms with van der Waals surface area (Å²) in [5, 5.41) is 2.51. The van der Waals surface area contributed by atoms with Gasteiger partial charge in [0.1, 0.15) is 0 Å². The fourth-order valence-electron chi connectivity index (χ4n) is 8.53. The maximum absolute atomic E-state index is 5.27. The Balaban J connectivity index is 0.984. The van der Waals surface area contributed by atoms with Crippen molar-refractivity contribution in [2.45, 2.75) is 6.42 Å². The molecule has 0 fully saturated rings. The Bertz CT molecular complexity index is 3090. The van der Waals surface area contributed by atoms with Crippen LogP contribution in [0, 0.1) is 0 Å². The first kappa shape index (κ1) is 32.1. The summed E-state index contributed by atoms with van der Waals surface area (Å²) in [7, 11) is 0. The Kier molecular flexibility index (Phi) is 7.56. The third-order valence-electron chi connectivity index (χ3n) is 11.2. The molecule has 0 radical (unpaired) electrons. The van der Waals surface area contributed by atoms with Gasteiger partial charge in [0.05, 0.1) is 22.4 Å². The van der Waals surface area contributed by atoms with Gasteiger partial charge in [-0.1, -0.05) is 158 Å². The second-order valence-corrected chi connectivity index (χ2v) is 14.6. The standard InChI is InChI=1S/C53H35N3/c1-4-14-35(15-5-1)37-18-13-21-42(31-37)51-48-34-43-32-40(26-28-45(43)52(48)55-53(54-51)36-16-6-2-7-17-36)38-19-12-20-39(30-38)41-27-29-50-47(33-41)46-24-10-11-25-49(46)56(50)44-22-8-3-9-23-44/h1-33H,34H2. The molecule has 56 heavy (non-hydrogen) atoms. The zero-order valence-corrected chi connectivity index (χ0v) is 30.6. The van der Waals surface area contributed by atoms with E-state index >= 15 is 0 Å². The maximum atomic E-state index is 5.27. The molecule has 0 saturated heterocycles. The molecule has 2 aromatic heterocycles. The van der Waals surface area contributed by atoms with Gasteiger partial charge in [-0.25, -0.2) is 9.97 Å². The number of fused-ring (bicyclic) bond motifs is 6. The third-order valence-corrected chi connectivity index (χ3v) is 11.2. The molecule has 3 heteroatoms. The summed E-state index contributed by atoms with van der Waals surface area (Å²) < 4.78 is 2.37. The lowest BCUT2D eigenvalue weighted by Gasteiger charge is -2.12. The van der Waals surface area contributed by atoms with Gasteiger partial charge < -0.3 is 4.57 Å². The van der Waals surface area contributed by atoms with Crippen molar-refractivity contribution in [1.29, 1.82) is 0 Å². The van der Waals surface area contributed by atoms with Gasteiger partial charge in [-0.2, -0.15) is 0 Å². The summed E-state index contributed by atoms with van der Waals surface area (Å²) in [4.78, 5) is 10.5. The van der Waals surface area contributed by atoms with Crippen LogP contribution in [0.2, 0.25) is 0 Å². The van der Waals surface area contributed by atoms with E-state index in [4.69, 9.17) is 9.97 Å². The van der Waals surface area contributed by atoms with Gasteiger partial charge in [-0.3, -0.25) is 0 Å². The molecule has 0 bridgehead atoms. The van der Waals surface area contributed by atoms with Crippen LogP contribution < -0.4 is 0 Å². The lowest BCUT2D eigenvalue weighted by molar-refractivity contribution is 1.13. The van der Waals surface area contributed by atoms with E-state index in [9.17, 15) is 0 Å². The zero-order valence-electron chi connectivity index (χ0n) is 30.6. The molecule has 0 atom stereocenters. The van der Waals surface area contributed by atoms with Crippen LogP contribution >= 0.6 is 0 Å². The van der Waals surface area contributed by atoms with Gasteiger partial charge >= 0.3 is 0 Å². The summed E-state index contributed by atoms with van der Waals surface area (Å²) in [6.45, 7) is 0. The van der Waals surface area contributed by atoms with Crippen molar-refractivity contribution < 1.29 is 0 Å². The molecule has 0 amide bonds. The van der Waals surface area contributed by atoms with E-state index < -0.39 is 0 Å². The van der Waals surface area contributed by atoms with E-state index in [0.29, 0.717) is 0 Å². The normalized spacial score (nSPS) is 11.9.